The minimum Gasteiger partial charge on any atom is -0.337 e. The third-order valence-electron chi connectivity index (χ3n) is 2.70. The van der Waals surface area contributed by atoms with Crippen molar-refractivity contribution in [1.82, 2.24) is 19.8 Å². The highest BCUT2D eigenvalue weighted by atomic mass is 15.1. The zero-order valence-corrected chi connectivity index (χ0v) is 11.8. The molecule has 1 heterocycles. The standard InChI is InChI=1S/C13H26N4/c1-13(2,3)15-7-6-9-16(4)11-12-14-8-10-17(12)5/h8,10,15H,6-7,9,11H2,1-5H3. The molecule has 0 aromatic carbocycles. The molecule has 0 spiro atoms. The van der Waals surface area contributed by atoms with Crippen LogP contribution in [0.25, 0.3) is 0 Å². The van der Waals surface area contributed by atoms with E-state index >= 15 is 0 Å². The fourth-order valence-electron chi connectivity index (χ4n) is 1.68. The Labute approximate surface area is 105 Å². The number of nitrogens with one attached hydrogen (secondary N) is 1. The second-order valence-corrected chi connectivity index (χ2v) is 5.72. The van der Waals surface area contributed by atoms with Gasteiger partial charge in [0.1, 0.15) is 5.82 Å². The first kappa shape index (κ1) is 14.2. The van der Waals surface area contributed by atoms with Crippen molar-refractivity contribution in [3.8, 4) is 0 Å². The van der Waals surface area contributed by atoms with Crippen LogP contribution < -0.4 is 5.32 Å². The van der Waals surface area contributed by atoms with Crippen LogP contribution in [0.1, 0.15) is 33.0 Å². The van der Waals surface area contributed by atoms with Gasteiger partial charge in [-0.15, -0.1) is 0 Å². The van der Waals surface area contributed by atoms with E-state index in [0.29, 0.717) is 0 Å². The van der Waals surface area contributed by atoms with E-state index in [4.69, 9.17) is 0 Å². The van der Waals surface area contributed by atoms with Crippen LogP contribution in [0.4, 0.5) is 0 Å². The molecule has 0 bridgehead atoms. The van der Waals surface area contributed by atoms with Gasteiger partial charge in [-0.25, -0.2) is 4.98 Å². The molecule has 0 aliphatic heterocycles. The summed E-state index contributed by atoms with van der Waals surface area (Å²) in [6, 6.07) is 0. The largest absolute Gasteiger partial charge is 0.337 e. The van der Waals surface area contributed by atoms with E-state index in [0.717, 1.165) is 31.9 Å². The molecule has 98 valence electrons. The highest BCUT2D eigenvalue weighted by Gasteiger charge is 2.08. The molecule has 4 nitrogen and oxygen atoms in total. The monoisotopic (exact) mass is 238 g/mol. The summed E-state index contributed by atoms with van der Waals surface area (Å²) in [5, 5.41) is 3.50. The molecule has 0 saturated carbocycles. The Morgan fingerprint density at radius 1 is 1.41 bits per heavy atom. The maximum atomic E-state index is 4.33. The van der Waals surface area contributed by atoms with Gasteiger partial charge in [-0.1, -0.05) is 0 Å². The molecule has 17 heavy (non-hydrogen) atoms. The molecule has 1 N–H and O–H groups in total. The average Bonchev–Trinajstić information content (AvgIpc) is 2.58. The van der Waals surface area contributed by atoms with Crippen molar-refractivity contribution >= 4 is 0 Å². The summed E-state index contributed by atoms with van der Waals surface area (Å²) in [4.78, 5) is 6.64. The second kappa shape index (κ2) is 6.17. The fourth-order valence-corrected chi connectivity index (χ4v) is 1.68. The predicted octanol–water partition coefficient (Wildman–Crippen LogP) is 1.63. The molecule has 0 radical (unpaired) electrons. The lowest BCUT2D eigenvalue weighted by molar-refractivity contribution is 0.300. The Balaban J connectivity index is 2.18. The minimum absolute atomic E-state index is 0.220. The zero-order chi connectivity index (χ0) is 12.9. The van der Waals surface area contributed by atoms with Gasteiger partial charge in [0.05, 0.1) is 6.54 Å². The molecule has 0 atom stereocenters. The summed E-state index contributed by atoms with van der Waals surface area (Å²) in [7, 11) is 4.18. The molecule has 0 fully saturated rings. The Kier molecular flexibility index (Phi) is 5.15. The van der Waals surface area contributed by atoms with Gasteiger partial charge >= 0.3 is 0 Å². The van der Waals surface area contributed by atoms with Gasteiger partial charge in [0, 0.05) is 25.0 Å². The number of aryl methyl sites for hydroxylation is 1. The van der Waals surface area contributed by atoms with E-state index in [1.54, 1.807) is 0 Å². The number of hydrogen-bond donors (Lipinski definition) is 1. The van der Waals surface area contributed by atoms with E-state index in [1.807, 2.05) is 19.4 Å². The van der Waals surface area contributed by atoms with Crippen molar-refractivity contribution in [2.45, 2.75) is 39.3 Å². The average molecular weight is 238 g/mol. The SMILES string of the molecule is CN(CCCNC(C)(C)C)Cc1nccn1C. The summed E-state index contributed by atoms with van der Waals surface area (Å²) in [6.45, 7) is 9.67. The first-order valence-corrected chi connectivity index (χ1v) is 6.28. The van der Waals surface area contributed by atoms with Crippen LogP contribution in [-0.2, 0) is 13.6 Å². The molecule has 4 heteroatoms. The first-order chi connectivity index (χ1) is 7.88. The minimum atomic E-state index is 0.220. The van der Waals surface area contributed by atoms with Crippen LogP contribution in [0.5, 0.6) is 0 Å². The van der Waals surface area contributed by atoms with Crippen molar-refractivity contribution in [1.29, 1.82) is 0 Å². The van der Waals surface area contributed by atoms with E-state index in [9.17, 15) is 0 Å². The van der Waals surface area contributed by atoms with Gasteiger partial charge in [-0.05, 0) is 47.3 Å². The van der Waals surface area contributed by atoms with Crippen molar-refractivity contribution in [2.24, 2.45) is 7.05 Å². The highest BCUT2D eigenvalue weighted by Crippen LogP contribution is 2.01. The molecule has 1 aromatic heterocycles. The normalized spacial score (nSPS) is 12.4. The van der Waals surface area contributed by atoms with E-state index < -0.39 is 0 Å². The van der Waals surface area contributed by atoms with Gasteiger partial charge in [0.25, 0.3) is 0 Å². The van der Waals surface area contributed by atoms with Gasteiger partial charge < -0.3 is 9.88 Å². The Morgan fingerprint density at radius 2 is 2.12 bits per heavy atom. The molecule has 0 aliphatic carbocycles. The lowest BCUT2D eigenvalue weighted by Gasteiger charge is -2.22. The number of imidazole rings is 1. The van der Waals surface area contributed by atoms with Crippen molar-refractivity contribution in [3.63, 3.8) is 0 Å². The van der Waals surface area contributed by atoms with Crippen molar-refractivity contribution in [3.05, 3.63) is 18.2 Å². The summed E-state index contributed by atoms with van der Waals surface area (Å²) < 4.78 is 2.07. The quantitative estimate of drug-likeness (QED) is 0.765. The topological polar surface area (TPSA) is 33.1 Å². The summed E-state index contributed by atoms with van der Waals surface area (Å²) in [5.74, 6) is 1.12. The maximum Gasteiger partial charge on any atom is 0.122 e. The van der Waals surface area contributed by atoms with Crippen LogP contribution in [0, 0.1) is 0 Å². The smallest absolute Gasteiger partial charge is 0.122 e. The first-order valence-electron chi connectivity index (χ1n) is 6.28. The van der Waals surface area contributed by atoms with Gasteiger partial charge in [-0.3, -0.25) is 4.90 Å². The lowest BCUT2D eigenvalue weighted by Crippen LogP contribution is -2.37. The van der Waals surface area contributed by atoms with Crippen LogP contribution >= 0.6 is 0 Å². The Hall–Kier alpha value is -0.870. The second-order valence-electron chi connectivity index (χ2n) is 5.72. The van der Waals surface area contributed by atoms with Crippen LogP contribution in [0.3, 0.4) is 0 Å². The summed E-state index contributed by atoms with van der Waals surface area (Å²) >= 11 is 0. The van der Waals surface area contributed by atoms with E-state index in [-0.39, 0.29) is 5.54 Å². The Bertz CT molecular complexity index is 324. The van der Waals surface area contributed by atoms with Gasteiger partial charge in [0.2, 0.25) is 0 Å². The number of aromatic nitrogens is 2. The van der Waals surface area contributed by atoms with Gasteiger partial charge in [0.15, 0.2) is 0 Å². The molecule has 0 unspecified atom stereocenters. The summed E-state index contributed by atoms with van der Waals surface area (Å²) in [6.07, 6.45) is 5.01. The molecule has 0 saturated heterocycles. The molecule has 0 aliphatic rings. The van der Waals surface area contributed by atoms with Gasteiger partial charge in [-0.2, -0.15) is 0 Å². The molecular weight excluding hydrogens is 212 g/mol. The third kappa shape index (κ3) is 5.84. The van der Waals surface area contributed by atoms with Crippen LogP contribution in [-0.4, -0.2) is 40.1 Å². The molecule has 1 aromatic rings. The lowest BCUT2D eigenvalue weighted by atomic mass is 10.1. The maximum absolute atomic E-state index is 4.33. The predicted molar refractivity (Wildman–Crippen MR) is 71.9 cm³/mol. The number of rotatable bonds is 6. The fraction of sp³-hybridized carbons (Fsp3) is 0.769. The molecule has 0 amide bonds. The number of nitrogens with zero attached hydrogens (tertiary/aromatic N) is 3. The molecule has 1 rings (SSSR count). The molecular formula is C13H26N4. The Morgan fingerprint density at radius 3 is 2.65 bits per heavy atom. The number of hydrogen-bond acceptors (Lipinski definition) is 3. The van der Waals surface area contributed by atoms with E-state index in [1.165, 1.54) is 0 Å². The van der Waals surface area contributed by atoms with Crippen molar-refractivity contribution < 1.29 is 0 Å². The van der Waals surface area contributed by atoms with Crippen molar-refractivity contribution in [2.75, 3.05) is 20.1 Å². The van der Waals surface area contributed by atoms with Crippen LogP contribution in [0.15, 0.2) is 12.4 Å². The highest BCUT2D eigenvalue weighted by molar-refractivity contribution is 4.90. The van der Waals surface area contributed by atoms with Crippen LogP contribution in [0.2, 0.25) is 0 Å². The van der Waals surface area contributed by atoms with E-state index in [2.05, 4.69) is 47.6 Å². The summed E-state index contributed by atoms with van der Waals surface area (Å²) in [5.41, 5.74) is 0.220. The zero-order valence-electron chi connectivity index (χ0n) is 11.8. The third-order valence-corrected chi connectivity index (χ3v) is 2.70.